The summed E-state index contributed by atoms with van der Waals surface area (Å²) in [5, 5.41) is 0. The molecule has 5 heavy (non-hydrogen) atoms. The molecular weight excluding hydrogens is 442 g/mol. The van der Waals surface area contributed by atoms with E-state index >= 15 is 0 Å². The molecule has 0 spiro atoms. The van der Waals surface area contributed by atoms with Crippen molar-refractivity contribution in [2.75, 3.05) is 0 Å². The summed E-state index contributed by atoms with van der Waals surface area (Å²) in [6.07, 6.45) is 0. The van der Waals surface area contributed by atoms with E-state index < -0.39 is 40.2 Å². The molecule has 5 heteroatoms. The summed E-state index contributed by atoms with van der Waals surface area (Å²) in [5.74, 6) is 0. The Kier molecular flexibility index (Phi) is 6.09. The van der Waals surface area contributed by atoms with Gasteiger partial charge in [-0.25, -0.2) is 0 Å². The Morgan fingerprint density at radius 2 is 1.60 bits per heavy atom. The summed E-state index contributed by atoms with van der Waals surface area (Å²) < 4.78 is 22.4. The monoisotopic (exact) mass is 442 g/mol. The van der Waals surface area contributed by atoms with E-state index in [1.165, 1.54) is 0 Å². The molecule has 3 nitrogen and oxygen atoms in total. The van der Waals surface area contributed by atoms with E-state index in [4.69, 9.17) is 0 Å². The fraction of sp³-hybridized carbons (Fsp3) is 0. The summed E-state index contributed by atoms with van der Waals surface area (Å²) in [7, 11) is 0. The molecule has 0 fully saturated rings. The van der Waals surface area contributed by atoms with Crippen LogP contribution in [0.1, 0.15) is 0 Å². The molecule has 0 aliphatic rings. The van der Waals surface area contributed by atoms with Crippen LogP contribution in [0.2, 0.25) is 0 Å². The molecule has 0 unspecified atom stereocenters. The first kappa shape index (κ1) is 6.04. The van der Waals surface area contributed by atoms with Gasteiger partial charge in [0.25, 0.3) is 0 Å². The number of hydrogen-bond acceptors (Lipinski definition) is 3. The maximum absolute atomic E-state index is 9.23. The van der Waals surface area contributed by atoms with Crippen LogP contribution >= 0.6 is 0 Å². The minimum atomic E-state index is -1.33. The van der Waals surface area contributed by atoms with Crippen LogP contribution in [0, 0.1) is 0 Å². The van der Waals surface area contributed by atoms with E-state index in [0.29, 0.717) is 0 Å². The molecule has 0 aromatic rings. The van der Waals surface area contributed by atoms with Crippen LogP contribution in [0.5, 0.6) is 0 Å². The third-order valence-corrected chi connectivity index (χ3v) is 2.03. The molecule has 0 radical (unpaired) electrons. The van der Waals surface area contributed by atoms with Gasteiger partial charge in [-0.1, -0.05) is 0 Å². The second-order valence-electron chi connectivity index (χ2n) is 0.138. The van der Waals surface area contributed by atoms with E-state index in [1.54, 1.807) is 0 Å². The van der Waals surface area contributed by atoms with Gasteiger partial charge >= 0.3 is 48.5 Å². The number of rotatable bonds is 2. The maximum atomic E-state index is 9.23. The molecule has 0 N–H and O–H groups in total. The Labute approximate surface area is 48.4 Å². The number of hydrogen-bond donors (Lipinski definition) is 0. The van der Waals surface area contributed by atoms with Gasteiger partial charge in [-0.3, -0.25) is 0 Å². The normalized spacial score (nSPS) is 9.60. The zero-order valence-corrected chi connectivity index (χ0v) is 6.16. The second-order valence-corrected chi connectivity index (χ2v) is 3.31. The van der Waals surface area contributed by atoms with Crippen molar-refractivity contribution in [2.45, 2.75) is 0 Å². The van der Waals surface area contributed by atoms with Crippen LogP contribution in [0.15, 0.2) is 0 Å². The predicted molar refractivity (Wildman–Crippen MR) is 2.46 cm³/mol. The van der Waals surface area contributed by atoms with Crippen LogP contribution in [-0.2, 0) is 48.5 Å². The van der Waals surface area contributed by atoms with Gasteiger partial charge in [0.2, 0.25) is 0 Å². The van der Waals surface area contributed by atoms with E-state index in [-0.39, 0.29) is 0 Å². The van der Waals surface area contributed by atoms with E-state index in [0.717, 1.165) is 0 Å². The molecule has 0 aromatic heterocycles. The van der Waals surface area contributed by atoms with Crippen molar-refractivity contribution in [3.63, 3.8) is 0 Å². The van der Waals surface area contributed by atoms with Gasteiger partial charge in [0.05, 0.1) is 0 Å². The molecule has 0 saturated carbocycles. The Morgan fingerprint density at radius 3 is 1.60 bits per heavy atom. The summed E-state index contributed by atoms with van der Waals surface area (Å²) in [6, 6.07) is 0. The summed E-state index contributed by atoms with van der Waals surface area (Å²) in [5.41, 5.74) is 0. The Balaban J connectivity index is 2.65. The predicted octanol–water partition coefficient (Wildman–Crippen LogP) is -0.311. The quantitative estimate of drug-likeness (QED) is 0.552. The minimum absolute atomic E-state index is 1.33. The van der Waals surface area contributed by atoms with Crippen molar-refractivity contribution in [3.05, 3.63) is 0 Å². The van der Waals surface area contributed by atoms with Crippen LogP contribution in [0.4, 0.5) is 0 Å². The molecular formula is Au2O3. The van der Waals surface area contributed by atoms with Crippen molar-refractivity contribution in [2.24, 2.45) is 0 Å². The van der Waals surface area contributed by atoms with Crippen molar-refractivity contribution >= 4 is 0 Å². The third kappa shape index (κ3) is 5.04. The molecule has 0 aliphatic carbocycles. The summed E-state index contributed by atoms with van der Waals surface area (Å²) in [6.45, 7) is 0. The third-order valence-electron chi connectivity index (χ3n) is 0.0303. The zero-order chi connectivity index (χ0) is 4.12. The Morgan fingerprint density at radius 1 is 1.20 bits per heavy atom. The molecule has 0 amide bonds. The standard InChI is InChI=1S/2Au.3O. The van der Waals surface area contributed by atoms with E-state index in [2.05, 4.69) is 1.75 Å². The van der Waals surface area contributed by atoms with Crippen LogP contribution in [0.3, 0.4) is 0 Å². The fourth-order valence-corrected chi connectivity index (χ4v) is 0.414. The van der Waals surface area contributed by atoms with Crippen LogP contribution < -0.4 is 0 Å². The molecule has 0 heterocycles. The van der Waals surface area contributed by atoms with E-state index in [1.807, 2.05) is 0 Å². The van der Waals surface area contributed by atoms with Gasteiger partial charge < -0.3 is 0 Å². The summed E-state index contributed by atoms with van der Waals surface area (Å²) in [4.78, 5) is 0. The van der Waals surface area contributed by atoms with Gasteiger partial charge in [0.1, 0.15) is 0 Å². The SMILES string of the molecule is [O]=[Au][O][Au]=[O]. The molecule has 0 aromatic carbocycles. The van der Waals surface area contributed by atoms with Gasteiger partial charge in [0.15, 0.2) is 0 Å². The first-order valence-electron chi connectivity index (χ1n) is 0.492. The molecule has 0 rings (SSSR count). The van der Waals surface area contributed by atoms with Gasteiger partial charge in [-0.15, -0.1) is 0 Å². The van der Waals surface area contributed by atoms with Crippen LogP contribution in [-0.4, -0.2) is 0 Å². The van der Waals surface area contributed by atoms with E-state index in [9.17, 15) is 6.50 Å². The second kappa shape index (κ2) is 5.04. The van der Waals surface area contributed by atoms with Crippen molar-refractivity contribution in [3.8, 4) is 0 Å². The molecule has 40 valence electrons. The molecule has 0 saturated heterocycles. The van der Waals surface area contributed by atoms with Crippen molar-refractivity contribution < 1.29 is 48.5 Å². The molecule has 0 atom stereocenters. The first-order valence-corrected chi connectivity index (χ1v) is 4.03. The van der Waals surface area contributed by atoms with Crippen molar-refractivity contribution in [1.29, 1.82) is 0 Å². The Hall–Kier alpha value is 1.04. The summed E-state index contributed by atoms with van der Waals surface area (Å²) >= 11 is -2.65. The molecule has 0 bridgehead atoms. The topological polar surface area (TPSA) is 43.4 Å². The van der Waals surface area contributed by atoms with Crippen molar-refractivity contribution in [1.82, 2.24) is 0 Å². The molecule has 0 aliphatic heterocycles. The van der Waals surface area contributed by atoms with Gasteiger partial charge in [-0.05, 0) is 0 Å². The average molecular weight is 442 g/mol. The fourth-order valence-electron chi connectivity index (χ4n) is 0.00619. The van der Waals surface area contributed by atoms with Gasteiger partial charge in [-0.2, -0.15) is 0 Å². The Bertz CT molecular complexity index is 34.2. The van der Waals surface area contributed by atoms with Gasteiger partial charge in [0, 0.05) is 0 Å². The zero-order valence-electron chi connectivity index (χ0n) is 1.83. The van der Waals surface area contributed by atoms with Crippen LogP contribution in [0.25, 0.3) is 0 Å². The first-order chi connectivity index (χ1) is 2.41. The average Bonchev–Trinajstić information content (AvgIpc) is 1.41.